The van der Waals surface area contributed by atoms with Crippen molar-refractivity contribution in [3.8, 4) is 0 Å². The van der Waals surface area contributed by atoms with Gasteiger partial charge in [-0.3, -0.25) is 4.79 Å². The number of nitrogens with zero attached hydrogens (tertiary/aromatic N) is 2. The number of hydrogen-bond acceptors (Lipinski definition) is 3. The number of benzene rings is 1. The molecule has 1 amide bonds. The van der Waals surface area contributed by atoms with Crippen LogP contribution in [-0.4, -0.2) is 57.2 Å². The lowest BCUT2D eigenvalue weighted by atomic mass is 10.1. The van der Waals surface area contributed by atoms with Crippen molar-refractivity contribution >= 4 is 11.9 Å². The van der Waals surface area contributed by atoms with E-state index < -0.39 is 11.7 Å². The highest BCUT2D eigenvalue weighted by atomic mass is 19.4. The summed E-state index contributed by atoms with van der Waals surface area (Å²) in [5.74, 6) is 0.244. The molecular formula is C19H29F3N4O2. The molecule has 0 saturated heterocycles. The van der Waals surface area contributed by atoms with Crippen molar-refractivity contribution in [1.82, 2.24) is 15.5 Å². The number of guanidine groups is 1. The molecule has 0 atom stereocenters. The summed E-state index contributed by atoms with van der Waals surface area (Å²) in [6.07, 6.45) is -2.68. The molecule has 9 heteroatoms. The van der Waals surface area contributed by atoms with Gasteiger partial charge in [0, 0.05) is 33.9 Å². The van der Waals surface area contributed by atoms with Crippen molar-refractivity contribution in [1.29, 1.82) is 0 Å². The highest BCUT2D eigenvalue weighted by Gasteiger charge is 2.30. The fraction of sp³-hybridized carbons (Fsp3) is 0.579. The Kier molecular flexibility index (Phi) is 10.4. The molecule has 0 saturated carbocycles. The number of ether oxygens (including phenoxy) is 1. The lowest BCUT2D eigenvalue weighted by Gasteiger charge is -2.15. The maximum absolute atomic E-state index is 12.8. The van der Waals surface area contributed by atoms with Gasteiger partial charge in [-0.25, -0.2) is 4.99 Å². The van der Waals surface area contributed by atoms with Crippen molar-refractivity contribution in [3.63, 3.8) is 0 Å². The number of aliphatic imine (C=N–C) groups is 1. The fourth-order valence-corrected chi connectivity index (χ4v) is 2.19. The summed E-state index contributed by atoms with van der Waals surface area (Å²) in [6, 6.07) is 5.05. The first-order chi connectivity index (χ1) is 13.2. The minimum atomic E-state index is -4.39. The van der Waals surface area contributed by atoms with Gasteiger partial charge in [-0.05, 0) is 37.5 Å². The Morgan fingerprint density at radius 2 is 1.96 bits per heavy atom. The van der Waals surface area contributed by atoms with Gasteiger partial charge in [0.05, 0.1) is 18.7 Å². The molecule has 0 unspecified atom stereocenters. The second kappa shape index (κ2) is 12.2. The van der Waals surface area contributed by atoms with Crippen molar-refractivity contribution in [3.05, 3.63) is 35.4 Å². The van der Waals surface area contributed by atoms with Crippen molar-refractivity contribution in [2.24, 2.45) is 4.99 Å². The molecule has 1 aromatic carbocycles. The summed E-state index contributed by atoms with van der Waals surface area (Å²) >= 11 is 0. The summed E-state index contributed by atoms with van der Waals surface area (Å²) in [4.78, 5) is 17.5. The van der Waals surface area contributed by atoms with E-state index in [-0.39, 0.29) is 19.0 Å². The molecule has 1 aromatic rings. The van der Waals surface area contributed by atoms with Crippen molar-refractivity contribution in [2.75, 3.05) is 40.4 Å². The maximum atomic E-state index is 12.8. The molecule has 2 N–H and O–H groups in total. The van der Waals surface area contributed by atoms with E-state index in [2.05, 4.69) is 15.6 Å². The van der Waals surface area contributed by atoms with E-state index in [1.807, 2.05) is 6.92 Å². The van der Waals surface area contributed by atoms with Gasteiger partial charge in [0.1, 0.15) is 0 Å². The lowest BCUT2D eigenvalue weighted by molar-refractivity contribution is -0.137. The van der Waals surface area contributed by atoms with Crippen LogP contribution in [-0.2, 0) is 22.3 Å². The van der Waals surface area contributed by atoms with E-state index in [1.54, 1.807) is 20.2 Å². The van der Waals surface area contributed by atoms with Crippen LogP contribution in [0.25, 0.3) is 0 Å². The van der Waals surface area contributed by atoms with Gasteiger partial charge in [0.2, 0.25) is 5.91 Å². The fourth-order valence-electron chi connectivity index (χ4n) is 2.19. The molecule has 0 radical (unpaired) electrons. The maximum Gasteiger partial charge on any atom is 0.416 e. The van der Waals surface area contributed by atoms with Crippen molar-refractivity contribution in [2.45, 2.75) is 32.5 Å². The zero-order valence-electron chi connectivity index (χ0n) is 16.6. The highest BCUT2D eigenvalue weighted by Crippen LogP contribution is 2.29. The second-order valence-corrected chi connectivity index (χ2v) is 6.34. The Morgan fingerprint density at radius 1 is 1.21 bits per heavy atom. The molecule has 0 aromatic heterocycles. The highest BCUT2D eigenvalue weighted by molar-refractivity contribution is 5.86. The first kappa shape index (κ1) is 23.7. The number of carbonyl (C=O) groups excluding carboxylic acids is 1. The minimum Gasteiger partial charge on any atom is -0.382 e. The summed E-state index contributed by atoms with van der Waals surface area (Å²) < 4.78 is 43.8. The Bertz CT molecular complexity index is 634. The predicted molar refractivity (Wildman–Crippen MR) is 103 cm³/mol. The van der Waals surface area contributed by atoms with Gasteiger partial charge in [-0.2, -0.15) is 13.2 Å². The molecular weight excluding hydrogens is 373 g/mol. The number of halogens is 3. The first-order valence-electron chi connectivity index (χ1n) is 9.20. The van der Waals surface area contributed by atoms with Crippen molar-refractivity contribution < 1.29 is 22.7 Å². The van der Waals surface area contributed by atoms with Crippen LogP contribution in [0.4, 0.5) is 13.2 Å². The predicted octanol–water partition coefficient (Wildman–Crippen LogP) is 2.65. The number of amides is 1. The summed E-state index contributed by atoms with van der Waals surface area (Å²) in [6.45, 7) is 3.99. The average Bonchev–Trinajstić information content (AvgIpc) is 2.65. The van der Waals surface area contributed by atoms with Crippen LogP contribution in [0, 0.1) is 0 Å². The zero-order chi connectivity index (χ0) is 21.0. The van der Waals surface area contributed by atoms with E-state index in [4.69, 9.17) is 4.74 Å². The third-order valence-corrected chi connectivity index (χ3v) is 3.79. The molecule has 0 aliphatic rings. The molecule has 1 rings (SSSR count). The quantitative estimate of drug-likeness (QED) is 0.359. The number of carbonyl (C=O) groups is 1. The number of nitrogens with one attached hydrogen (secondary N) is 2. The number of hydrogen-bond donors (Lipinski definition) is 2. The van der Waals surface area contributed by atoms with Gasteiger partial charge in [0.25, 0.3) is 0 Å². The summed E-state index contributed by atoms with van der Waals surface area (Å²) in [7, 11) is 3.29. The van der Waals surface area contributed by atoms with Gasteiger partial charge in [-0.15, -0.1) is 0 Å². The van der Waals surface area contributed by atoms with Crippen LogP contribution in [0.5, 0.6) is 0 Å². The van der Waals surface area contributed by atoms with Gasteiger partial charge in [0.15, 0.2) is 5.96 Å². The molecule has 158 valence electrons. The third-order valence-electron chi connectivity index (χ3n) is 3.79. The number of likely N-dealkylation sites (N-methyl/N-ethyl adjacent to an activating group) is 1. The summed E-state index contributed by atoms with van der Waals surface area (Å²) in [5.41, 5.74) is -0.271. The smallest absolute Gasteiger partial charge is 0.382 e. The monoisotopic (exact) mass is 402 g/mol. The molecule has 0 aliphatic heterocycles. The number of rotatable bonds is 10. The van der Waals surface area contributed by atoms with Crippen LogP contribution in [0.15, 0.2) is 29.3 Å². The Hall–Kier alpha value is -2.29. The second-order valence-electron chi connectivity index (χ2n) is 6.34. The van der Waals surface area contributed by atoms with E-state index >= 15 is 0 Å². The molecule has 6 nitrogen and oxygen atoms in total. The van der Waals surface area contributed by atoms with Crippen LogP contribution < -0.4 is 10.6 Å². The molecule has 0 heterocycles. The van der Waals surface area contributed by atoms with E-state index in [0.717, 1.165) is 25.0 Å². The molecule has 28 heavy (non-hydrogen) atoms. The third kappa shape index (κ3) is 9.59. The Balaban J connectivity index is 2.69. The van der Waals surface area contributed by atoms with Crippen LogP contribution >= 0.6 is 0 Å². The standard InChI is InChI=1S/C19H29F3N4O2/c1-4-28-11-6-5-10-23-18(25-14-17(27)26(2)3)24-13-15-8-7-9-16(12-15)19(20,21)22/h7-9,12H,4-6,10-11,13-14H2,1-3H3,(H2,23,24,25). The largest absolute Gasteiger partial charge is 0.416 e. The molecule has 0 spiro atoms. The normalized spacial score (nSPS) is 12.0. The lowest BCUT2D eigenvalue weighted by Crippen LogP contribution is -2.43. The van der Waals surface area contributed by atoms with Gasteiger partial charge >= 0.3 is 6.18 Å². The average molecular weight is 402 g/mol. The first-order valence-corrected chi connectivity index (χ1v) is 9.20. The zero-order valence-corrected chi connectivity index (χ0v) is 16.6. The van der Waals surface area contributed by atoms with Crippen LogP contribution in [0.3, 0.4) is 0 Å². The summed E-state index contributed by atoms with van der Waals surface area (Å²) in [5, 5.41) is 6.01. The number of alkyl halides is 3. The van der Waals surface area contributed by atoms with E-state index in [9.17, 15) is 18.0 Å². The number of unbranched alkanes of at least 4 members (excludes halogenated alkanes) is 1. The Morgan fingerprint density at radius 3 is 2.61 bits per heavy atom. The van der Waals surface area contributed by atoms with E-state index in [0.29, 0.717) is 31.3 Å². The van der Waals surface area contributed by atoms with E-state index in [1.165, 1.54) is 11.0 Å². The molecule has 0 fully saturated rings. The van der Waals surface area contributed by atoms with Gasteiger partial charge in [-0.1, -0.05) is 12.1 Å². The molecule has 0 aliphatic carbocycles. The minimum absolute atomic E-state index is 0.0420. The topological polar surface area (TPSA) is 66.0 Å². The SMILES string of the molecule is CCOCCCCNC(=NCc1cccc(C(F)(F)F)c1)NCC(=O)N(C)C. The van der Waals surface area contributed by atoms with Crippen LogP contribution in [0.2, 0.25) is 0 Å². The van der Waals surface area contributed by atoms with Crippen LogP contribution in [0.1, 0.15) is 30.9 Å². The molecule has 0 bridgehead atoms. The Labute approximate surface area is 164 Å². The van der Waals surface area contributed by atoms with Gasteiger partial charge < -0.3 is 20.3 Å².